The Balaban J connectivity index is 1.54. The first-order chi connectivity index (χ1) is 13.4. The first-order valence-electron chi connectivity index (χ1n) is 9.30. The van der Waals surface area contributed by atoms with E-state index >= 15 is 0 Å². The SMILES string of the molecule is C[C@@H](C(=O)NCc1ccccc1Cl)[NH+]1CCN(S(=O)(=O)c2ccccc2)CC1. The van der Waals surface area contributed by atoms with E-state index in [0.717, 1.165) is 10.5 Å². The Labute approximate surface area is 171 Å². The topological polar surface area (TPSA) is 70.9 Å². The van der Waals surface area contributed by atoms with Crippen molar-refractivity contribution in [2.75, 3.05) is 26.2 Å². The summed E-state index contributed by atoms with van der Waals surface area (Å²) >= 11 is 6.13. The van der Waals surface area contributed by atoms with Gasteiger partial charge < -0.3 is 10.2 Å². The van der Waals surface area contributed by atoms with Gasteiger partial charge in [-0.15, -0.1) is 0 Å². The Hall–Kier alpha value is -1.93. The van der Waals surface area contributed by atoms with Crippen LogP contribution in [0.15, 0.2) is 59.5 Å². The average molecular weight is 423 g/mol. The molecule has 0 bridgehead atoms. The van der Waals surface area contributed by atoms with Gasteiger partial charge in [0.1, 0.15) is 0 Å². The van der Waals surface area contributed by atoms with Gasteiger partial charge in [-0.25, -0.2) is 8.42 Å². The van der Waals surface area contributed by atoms with Crippen molar-refractivity contribution in [1.82, 2.24) is 9.62 Å². The zero-order valence-electron chi connectivity index (χ0n) is 15.8. The number of halogens is 1. The Morgan fingerprint density at radius 3 is 2.36 bits per heavy atom. The quantitative estimate of drug-likeness (QED) is 0.727. The van der Waals surface area contributed by atoms with Crippen molar-refractivity contribution >= 4 is 27.5 Å². The van der Waals surface area contributed by atoms with Gasteiger partial charge in [0.15, 0.2) is 6.04 Å². The summed E-state index contributed by atoms with van der Waals surface area (Å²) in [5.74, 6) is -0.0608. The molecule has 1 fully saturated rings. The molecule has 2 N–H and O–H groups in total. The molecule has 0 aromatic heterocycles. The van der Waals surface area contributed by atoms with Crippen LogP contribution in [0.5, 0.6) is 0 Å². The lowest BCUT2D eigenvalue weighted by molar-refractivity contribution is -0.917. The van der Waals surface area contributed by atoms with Gasteiger partial charge in [-0.3, -0.25) is 4.79 Å². The number of benzene rings is 2. The molecule has 0 unspecified atom stereocenters. The number of carbonyl (C=O) groups is 1. The highest BCUT2D eigenvalue weighted by Gasteiger charge is 2.34. The maximum absolute atomic E-state index is 12.7. The van der Waals surface area contributed by atoms with Crippen LogP contribution in [-0.2, 0) is 21.4 Å². The van der Waals surface area contributed by atoms with Crippen LogP contribution in [-0.4, -0.2) is 50.9 Å². The molecule has 2 aromatic carbocycles. The fourth-order valence-corrected chi connectivity index (χ4v) is 5.02. The van der Waals surface area contributed by atoms with Crippen LogP contribution in [0.25, 0.3) is 0 Å². The number of nitrogens with one attached hydrogen (secondary N) is 2. The van der Waals surface area contributed by atoms with Crippen LogP contribution in [0.4, 0.5) is 0 Å². The zero-order chi connectivity index (χ0) is 20.1. The first-order valence-corrected chi connectivity index (χ1v) is 11.1. The van der Waals surface area contributed by atoms with Gasteiger partial charge in [-0.1, -0.05) is 48.0 Å². The summed E-state index contributed by atoms with van der Waals surface area (Å²) in [7, 11) is -3.48. The highest BCUT2D eigenvalue weighted by Crippen LogP contribution is 2.15. The fourth-order valence-electron chi connectivity index (χ4n) is 3.35. The summed E-state index contributed by atoms with van der Waals surface area (Å²) in [6.45, 7) is 4.23. The molecule has 0 saturated carbocycles. The average Bonchev–Trinajstić information content (AvgIpc) is 2.73. The minimum atomic E-state index is -3.48. The number of hydrogen-bond donors (Lipinski definition) is 2. The third-order valence-electron chi connectivity index (χ3n) is 5.16. The lowest BCUT2D eigenvalue weighted by atomic mass is 10.2. The second kappa shape index (κ2) is 9.05. The highest BCUT2D eigenvalue weighted by atomic mass is 35.5. The summed E-state index contributed by atoms with van der Waals surface area (Å²) in [6, 6.07) is 15.6. The van der Waals surface area contributed by atoms with E-state index in [-0.39, 0.29) is 11.9 Å². The maximum atomic E-state index is 12.7. The van der Waals surface area contributed by atoms with Crippen LogP contribution in [0, 0.1) is 0 Å². The molecule has 1 amide bonds. The van der Waals surface area contributed by atoms with Gasteiger partial charge >= 0.3 is 0 Å². The molecule has 0 aliphatic carbocycles. The maximum Gasteiger partial charge on any atom is 0.278 e. The Bertz CT molecular complexity index is 913. The molecule has 28 heavy (non-hydrogen) atoms. The Morgan fingerprint density at radius 1 is 1.11 bits per heavy atom. The number of rotatable bonds is 6. The van der Waals surface area contributed by atoms with Crippen LogP contribution >= 0.6 is 11.6 Å². The van der Waals surface area contributed by atoms with Crippen LogP contribution in [0.1, 0.15) is 12.5 Å². The summed E-state index contributed by atoms with van der Waals surface area (Å²) in [6.07, 6.45) is 0. The van der Waals surface area contributed by atoms with E-state index in [0.29, 0.717) is 42.6 Å². The molecule has 1 aliphatic rings. The van der Waals surface area contributed by atoms with E-state index in [2.05, 4.69) is 5.32 Å². The molecular formula is C20H25ClN3O3S+. The van der Waals surface area contributed by atoms with Crippen molar-refractivity contribution in [1.29, 1.82) is 0 Å². The van der Waals surface area contributed by atoms with Gasteiger partial charge in [-0.05, 0) is 30.7 Å². The lowest BCUT2D eigenvalue weighted by Gasteiger charge is -2.34. The van der Waals surface area contributed by atoms with Crippen molar-refractivity contribution in [3.05, 3.63) is 65.2 Å². The predicted octanol–water partition coefficient (Wildman–Crippen LogP) is 0.934. The summed E-state index contributed by atoms with van der Waals surface area (Å²) in [4.78, 5) is 13.9. The summed E-state index contributed by atoms with van der Waals surface area (Å²) in [5, 5.41) is 3.56. The normalized spacial score (nSPS) is 17.2. The van der Waals surface area contributed by atoms with Gasteiger partial charge in [-0.2, -0.15) is 4.31 Å². The van der Waals surface area contributed by atoms with E-state index in [1.807, 2.05) is 25.1 Å². The van der Waals surface area contributed by atoms with E-state index < -0.39 is 10.0 Å². The summed E-state index contributed by atoms with van der Waals surface area (Å²) in [5.41, 5.74) is 0.874. The van der Waals surface area contributed by atoms with E-state index in [1.54, 1.807) is 36.4 Å². The van der Waals surface area contributed by atoms with Gasteiger partial charge in [0.2, 0.25) is 10.0 Å². The van der Waals surface area contributed by atoms with E-state index in [9.17, 15) is 13.2 Å². The zero-order valence-corrected chi connectivity index (χ0v) is 17.3. The molecule has 8 heteroatoms. The molecule has 0 spiro atoms. The van der Waals surface area contributed by atoms with Crippen LogP contribution < -0.4 is 10.2 Å². The minimum Gasteiger partial charge on any atom is -0.347 e. The van der Waals surface area contributed by atoms with Crippen molar-refractivity contribution in [2.45, 2.75) is 24.4 Å². The van der Waals surface area contributed by atoms with E-state index in [1.165, 1.54) is 4.31 Å². The van der Waals surface area contributed by atoms with Gasteiger partial charge in [0, 0.05) is 11.6 Å². The molecule has 2 aromatic rings. The standard InChI is InChI=1S/C20H24ClN3O3S/c1-16(20(25)22-15-17-7-5-6-10-19(17)21)23-11-13-24(14-12-23)28(26,27)18-8-3-2-4-9-18/h2-10,16H,11-15H2,1H3,(H,22,25)/p+1/t16-/m0/s1. The molecule has 150 valence electrons. The van der Waals surface area contributed by atoms with Crippen LogP contribution in [0.3, 0.4) is 0 Å². The monoisotopic (exact) mass is 422 g/mol. The summed E-state index contributed by atoms with van der Waals surface area (Å²) < 4.78 is 26.9. The molecule has 0 radical (unpaired) electrons. The van der Waals surface area contributed by atoms with Crippen molar-refractivity contribution in [2.24, 2.45) is 0 Å². The van der Waals surface area contributed by atoms with Crippen LogP contribution in [0.2, 0.25) is 5.02 Å². The molecular weight excluding hydrogens is 398 g/mol. The smallest absolute Gasteiger partial charge is 0.278 e. The van der Waals surface area contributed by atoms with Crippen molar-refractivity contribution in [3.8, 4) is 0 Å². The third kappa shape index (κ3) is 4.72. The molecule has 1 atom stereocenters. The van der Waals surface area contributed by atoms with Crippen molar-refractivity contribution < 1.29 is 18.1 Å². The molecule has 3 rings (SSSR count). The second-order valence-electron chi connectivity index (χ2n) is 6.91. The number of carbonyl (C=O) groups excluding carboxylic acids is 1. The Morgan fingerprint density at radius 2 is 1.71 bits per heavy atom. The molecule has 1 heterocycles. The first kappa shape index (κ1) is 20.8. The van der Waals surface area contributed by atoms with Gasteiger partial charge in [0.05, 0.1) is 31.1 Å². The predicted molar refractivity (Wildman–Crippen MR) is 109 cm³/mol. The Kier molecular flexibility index (Phi) is 6.72. The molecule has 1 aliphatic heterocycles. The van der Waals surface area contributed by atoms with Crippen molar-refractivity contribution in [3.63, 3.8) is 0 Å². The lowest BCUT2D eigenvalue weighted by Crippen LogP contribution is -3.19. The number of sulfonamides is 1. The number of hydrogen-bond acceptors (Lipinski definition) is 3. The van der Waals surface area contributed by atoms with Gasteiger partial charge in [0.25, 0.3) is 5.91 Å². The molecule has 1 saturated heterocycles. The largest absolute Gasteiger partial charge is 0.347 e. The fraction of sp³-hybridized carbons (Fsp3) is 0.350. The second-order valence-corrected chi connectivity index (χ2v) is 9.25. The number of piperazine rings is 1. The third-order valence-corrected chi connectivity index (χ3v) is 7.44. The minimum absolute atomic E-state index is 0.0608. The number of quaternary nitrogens is 1. The number of nitrogens with zero attached hydrogens (tertiary/aromatic N) is 1. The highest BCUT2D eigenvalue weighted by molar-refractivity contribution is 7.89. The van der Waals surface area contributed by atoms with E-state index in [4.69, 9.17) is 11.6 Å². The number of amides is 1. The molecule has 6 nitrogen and oxygen atoms in total.